The van der Waals surface area contributed by atoms with Crippen molar-refractivity contribution in [2.45, 2.75) is 89.4 Å². The zero-order chi connectivity index (χ0) is 14.7. The summed E-state index contributed by atoms with van der Waals surface area (Å²) in [6.45, 7) is 9.94. The lowest BCUT2D eigenvalue weighted by molar-refractivity contribution is -0.0243. The molecule has 0 amide bonds. The standard InChI is InChI=1S/C18H35N3/c1-3-11-19-17-9-4-5-10-18(17)21-14-16-8-6-7-12-20(16)13-15(21)2/h15-19H,3-14H2,1-2H3. The summed E-state index contributed by atoms with van der Waals surface area (Å²) < 4.78 is 0. The fourth-order valence-corrected chi connectivity index (χ4v) is 4.91. The van der Waals surface area contributed by atoms with Crippen molar-refractivity contribution in [1.29, 1.82) is 0 Å². The summed E-state index contributed by atoms with van der Waals surface area (Å²) >= 11 is 0. The van der Waals surface area contributed by atoms with E-state index in [4.69, 9.17) is 0 Å². The van der Waals surface area contributed by atoms with E-state index in [0.717, 1.165) is 24.2 Å². The molecule has 3 nitrogen and oxygen atoms in total. The number of nitrogens with one attached hydrogen (secondary N) is 1. The number of fused-ring (bicyclic) bond motifs is 1. The van der Waals surface area contributed by atoms with Crippen molar-refractivity contribution in [3.63, 3.8) is 0 Å². The van der Waals surface area contributed by atoms with E-state index in [2.05, 4.69) is 29.0 Å². The molecule has 2 heterocycles. The monoisotopic (exact) mass is 293 g/mol. The minimum Gasteiger partial charge on any atom is -0.312 e. The van der Waals surface area contributed by atoms with Crippen LogP contribution in [0.1, 0.15) is 65.2 Å². The molecule has 0 aromatic carbocycles. The normalized spacial score (nSPS) is 39.1. The Labute approximate surface area is 131 Å². The van der Waals surface area contributed by atoms with Gasteiger partial charge in [-0.2, -0.15) is 0 Å². The topological polar surface area (TPSA) is 18.5 Å². The molecular formula is C18H35N3. The maximum Gasteiger partial charge on any atom is 0.0253 e. The van der Waals surface area contributed by atoms with Gasteiger partial charge in [0.15, 0.2) is 0 Å². The summed E-state index contributed by atoms with van der Waals surface area (Å²) in [5.74, 6) is 0. The van der Waals surface area contributed by atoms with E-state index in [0.29, 0.717) is 0 Å². The second kappa shape index (κ2) is 7.43. The molecule has 1 saturated carbocycles. The van der Waals surface area contributed by atoms with Gasteiger partial charge in [-0.25, -0.2) is 0 Å². The van der Waals surface area contributed by atoms with Crippen LogP contribution in [0.25, 0.3) is 0 Å². The summed E-state index contributed by atoms with van der Waals surface area (Å²) in [7, 11) is 0. The van der Waals surface area contributed by atoms with Crippen molar-refractivity contribution < 1.29 is 0 Å². The number of hydrogen-bond acceptors (Lipinski definition) is 3. The lowest BCUT2D eigenvalue weighted by Gasteiger charge is -2.52. The van der Waals surface area contributed by atoms with Crippen molar-refractivity contribution in [2.24, 2.45) is 0 Å². The Morgan fingerprint density at radius 3 is 2.67 bits per heavy atom. The van der Waals surface area contributed by atoms with Crippen LogP contribution in [0, 0.1) is 0 Å². The summed E-state index contributed by atoms with van der Waals surface area (Å²) in [5, 5.41) is 3.86. The van der Waals surface area contributed by atoms with E-state index >= 15 is 0 Å². The van der Waals surface area contributed by atoms with Gasteiger partial charge in [-0.3, -0.25) is 9.80 Å². The average Bonchev–Trinajstić information content (AvgIpc) is 2.52. The molecule has 2 saturated heterocycles. The summed E-state index contributed by atoms with van der Waals surface area (Å²) in [4.78, 5) is 5.67. The molecule has 3 aliphatic rings. The maximum atomic E-state index is 3.86. The predicted octanol–water partition coefficient (Wildman–Crippen LogP) is 2.86. The van der Waals surface area contributed by atoms with Gasteiger partial charge in [0.25, 0.3) is 0 Å². The molecule has 0 bridgehead atoms. The summed E-state index contributed by atoms with van der Waals surface area (Å²) in [5.41, 5.74) is 0. The largest absolute Gasteiger partial charge is 0.312 e. The minimum absolute atomic E-state index is 0.744. The molecule has 3 rings (SSSR count). The molecule has 1 N–H and O–H groups in total. The molecule has 0 spiro atoms. The molecule has 4 unspecified atom stereocenters. The summed E-state index contributed by atoms with van der Waals surface area (Å²) in [6, 6.07) is 3.14. The first kappa shape index (κ1) is 15.8. The molecule has 122 valence electrons. The highest BCUT2D eigenvalue weighted by Gasteiger charge is 2.39. The predicted molar refractivity (Wildman–Crippen MR) is 89.7 cm³/mol. The van der Waals surface area contributed by atoms with E-state index in [9.17, 15) is 0 Å². The lowest BCUT2D eigenvalue weighted by atomic mass is 9.86. The van der Waals surface area contributed by atoms with Crippen LogP contribution in [0.15, 0.2) is 0 Å². The molecule has 3 heteroatoms. The van der Waals surface area contributed by atoms with Gasteiger partial charge in [-0.1, -0.05) is 26.2 Å². The number of rotatable bonds is 4. The first-order valence-electron chi connectivity index (χ1n) is 9.52. The molecular weight excluding hydrogens is 258 g/mol. The summed E-state index contributed by atoms with van der Waals surface area (Å²) in [6.07, 6.45) is 11.2. The SMILES string of the molecule is CCCNC1CCCCC1N1CC2CCCCN2CC1C. The molecule has 0 aromatic rings. The first-order valence-corrected chi connectivity index (χ1v) is 9.52. The van der Waals surface area contributed by atoms with E-state index in [1.807, 2.05) is 0 Å². The Morgan fingerprint density at radius 2 is 1.81 bits per heavy atom. The second-order valence-corrected chi connectivity index (χ2v) is 7.60. The van der Waals surface area contributed by atoms with E-state index in [-0.39, 0.29) is 0 Å². The van der Waals surface area contributed by atoms with Gasteiger partial charge in [0.2, 0.25) is 0 Å². The minimum atomic E-state index is 0.744. The van der Waals surface area contributed by atoms with Crippen molar-refractivity contribution >= 4 is 0 Å². The van der Waals surface area contributed by atoms with E-state index in [1.165, 1.54) is 77.5 Å². The van der Waals surface area contributed by atoms with Crippen LogP contribution in [0.2, 0.25) is 0 Å². The molecule has 21 heavy (non-hydrogen) atoms. The van der Waals surface area contributed by atoms with Crippen molar-refractivity contribution in [3.05, 3.63) is 0 Å². The molecule has 0 radical (unpaired) electrons. The van der Waals surface area contributed by atoms with Crippen LogP contribution in [-0.2, 0) is 0 Å². The van der Waals surface area contributed by atoms with Crippen LogP contribution in [-0.4, -0.2) is 60.1 Å². The highest BCUT2D eigenvalue weighted by Crippen LogP contribution is 2.30. The highest BCUT2D eigenvalue weighted by molar-refractivity contribution is 4.96. The highest BCUT2D eigenvalue weighted by atomic mass is 15.3. The Bertz CT molecular complexity index is 320. The maximum absolute atomic E-state index is 3.86. The fraction of sp³-hybridized carbons (Fsp3) is 1.00. The quantitative estimate of drug-likeness (QED) is 0.860. The van der Waals surface area contributed by atoms with Crippen LogP contribution < -0.4 is 5.32 Å². The van der Waals surface area contributed by atoms with Crippen LogP contribution in [0.4, 0.5) is 0 Å². The molecule has 4 atom stereocenters. The van der Waals surface area contributed by atoms with E-state index < -0.39 is 0 Å². The number of piperidine rings is 1. The van der Waals surface area contributed by atoms with Gasteiger partial charge in [-0.05, 0) is 52.1 Å². The third-order valence-corrected chi connectivity index (χ3v) is 6.05. The van der Waals surface area contributed by atoms with Crippen molar-refractivity contribution in [2.75, 3.05) is 26.2 Å². The van der Waals surface area contributed by atoms with Crippen molar-refractivity contribution in [3.8, 4) is 0 Å². The molecule has 1 aliphatic carbocycles. The molecule has 2 aliphatic heterocycles. The third kappa shape index (κ3) is 3.62. The van der Waals surface area contributed by atoms with E-state index in [1.54, 1.807) is 0 Å². The Hall–Kier alpha value is -0.120. The van der Waals surface area contributed by atoms with Gasteiger partial charge in [0.1, 0.15) is 0 Å². The average molecular weight is 293 g/mol. The zero-order valence-electron chi connectivity index (χ0n) is 14.2. The van der Waals surface area contributed by atoms with Crippen LogP contribution in [0.3, 0.4) is 0 Å². The first-order chi connectivity index (χ1) is 10.3. The smallest absolute Gasteiger partial charge is 0.0253 e. The number of piperazine rings is 1. The van der Waals surface area contributed by atoms with Crippen LogP contribution in [0.5, 0.6) is 0 Å². The van der Waals surface area contributed by atoms with Gasteiger partial charge < -0.3 is 5.32 Å². The molecule has 0 aromatic heterocycles. The Kier molecular flexibility index (Phi) is 5.58. The van der Waals surface area contributed by atoms with Gasteiger partial charge >= 0.3 is 0 Å². The number of nitrogens with zero attached hydrogens (tertiary/aromatic N) is 2. The Morgan fingerprint density at radius 1 is 1.00 bits per heavy atom. The van der Waals surface area contributed by atoms with Gasteiger partial charge in [0.05, 0.1) is 0 Å². The van der Waals surface area contributed by atoms with Gasteiger partial charge in [-0.15, -0.1) is 0 Å². The van der Waals surface area contributed by atoms with Crippen LogP contribution >= 0.6 is 0 Å². The van der Waals surface area contributed by atoms with Gasteiger partial charge in [0, 0.05) is 37.3 Å². The third-order valence-electron chi connectivity index (χ3n) is 6.05. The zero-order valence-corrected chi connectivity index (χ0v) is 14.2. The lowest BCUT2D eigenvalue weighted by Crippen LogP contribution is -2.64. The molecule has 3 fully saturated rings. The van der Waals surface area contributed by atoms with Crippen molar-refractivity contribution in [1.82, 2.24) is 15.1 Å². The fourth-order valence-electron chi connectivity index (χ4n) is 4.91. The Balaban J connectivity index is 1.65. The number of hydrogen-bond donors (Lipinski definition) is 1. The second-order valence-electron chi connectivity index (χ2n) is 7.60.